The van der Waals surface area contributed by atoms with Crippen molar-refractivity contribution in [2.75, 3.05) is 34.4 Å². The fraction of sp³-hybridized carbons (Fsp3) is 0.529. The molecule has 24 heavy (non-hydrogen) atoms. The Morgan fingerprint density at radius 2 is 1.79 bits per heavy atom. The fourth-order valence-electron chi connectivity index (χ4n) is 2.78. The first-order chi connectivity index (χ1) is 11.6. The fourth-order valence-corrected chi connectivity index (χ4v) is 2.78. The summed E-state index contributed by atoms with van der Waals surface area (Å²) in [4.78, 5) is 25.4. The Labute approximate surface area is 141 Å². The van der Waals surface area contributed by atoms with Gasteiger partial charge < -0.3 is 24.4 Å². The minimum atomic E-state index is -0.334. The van der Waals surface area contributed by atoms with E-state index in [0.29, 0.717) is 44.0 Å². The van der Waals surface area contributed by atoms with E-state index in [0.717, 1.165) is 5.56 Å². The van der Waals surface area contributed by atoms with E-state index < -0.39 is 0 Å². The van der Waals surface area contributed by atoms with Gasteiger partial charge in [-0.05, 0) is 30.5 Å². The van der Waals surface area contributed by atoms with Crippen LogP contribution in [0.1, 0.15) is 18.4 Å². The highest BCUT2D eigenvalue weighted by atomic mass is 16.5. The summed E-state index contributed by atoms with van der Waals surface area (Å²) < 4.78 is 15.1. The van der Waals surface area contributed by atoms with Crippen LogP contribution in [0.15, 0.2) is 18.2 Å². The molecule has 0 atom stereocenters. The average Bonchev–Trinajstić information content (AvgIpc) is 2.65. The molecule has 1 fully saturated rings. The number of nitrogens with zero attached hydrogens (tertiary/aromatic N) is 1. The summed E-state index contributed by atoms with van der Waals surface area (Å²) in [6.45, 7) is 1.51. The molecule has 1 aromatic carbocycles. The van der Waals surface area contributed by atoms with Crippen molar-refractivity contribution in [3.05, 3.63) is 23.8 Å². The molecule has 1 aliphatic rings. The SMILES string of the molecule is COC(=O)N1CCC(C(=O)NCc2ccc(OC)c(OC)c2)CC1. The van der Waals surface area contributed by atoms with Crippen LogP contribution in [0.4, 0.5) is 4.79 Å². The van der Waals surface area contributed by atoms with Gasteiger partial charge in [0.2, 0.25) is 5.91 Å². The van der Waals surface area contributed by atoms with E-state index in [9.17, 15) is 9.59 Å². The van der Waals surface area contributed by atoms with Crippen molar-refractivity contribution in [1.82, 2.24) is 10.2 Å². The highest BCUT2D eigenvalue weighted by Gasteiger charge is 2.27. The van der Waals surface area contributed by atoms with Gasteiger partial charge in [-0.3, -0.25) is 4.79 Å². The number of carbonyl (C=O) groups is 2. The molecule has 0 unspecified atom stereocenters. The van der Waals surface area contributed by atoms with Gasteiger partial charge in [0.1, 0.15) is 0 Å². The number of rotatable bonds is 5. The van der Waals surface area contributed by atoms with Crippen LogP contribution in [0.5, 0.6) is 11.5 Å². The molecule has 0 aliphatic carbocycles. The monoisotopic (exact) mass is 336 g/mol. The molecular formula is C17H24N2O5. The summed E-state index contributed by atoms with van der Waals surface area (Å²) in [6.07, 6.45) is 0.957. The van der Waals surface area contributed by atoms with Gasteiger partial charge >= 0.3 is 6.09 Å². The Balaban J connectivity index is 1.84. The van der Waals surface area contributed by atoms with Crippen molar-refractivity contribution in [3.8, 4) is 11.5 Å². The Bertz CT molecular complexity index is 582. The predicted molar refractivity (Wildman–Crippen MR) is 88.1 cm³/mol. The number of ether oxygens (including phenoxy) is 3. The summed E-state index contributed by atoms with van der Waals surface area (Å²) in [5.74, 6) is 1.22. The summed E-state index contributed by atoms with van der Waals surface area (Å²) in [5, 5.41) is 2.95. The molecule has 0 bridgehead atoms. The van der Waals surface area contributed by atoms with E-state index >= 15 is 0 Å². The second kappa shape index (κ2) is 8.42. The molecule has 1 aromatic rings. The predicted octanol–water partition coefficient (Wildman–Crippen LogP) is 1.80. The van der Waals surface area contributed by atoms with Crippen molar-refractivity contribution < 1.29 is 23.8 Å². The molecule has 1 N–H and O–H groups in total. The van der Waals surface area contributed by atoms with Crippen LogP contribution in [0.2, 0.25) is 0 Å². The lowest BCUT2D eigenvalue weighted by Crippen LogP contribution is -2.42. The Morgan fingerprint density at radius 3 is 2.38 bits per heavy atom. The van der Waals surface area contributed by atoms with Crippen molar-refractivity contribution >= 4 is 12.0 Å². The van der Waals surface area contributed by atoms with Crippen LogP contribution in [-0.2, 0) is 16.1 Å². The maximum absolute atomic E-state index is 12.3. The third-order valence-electron chi connectivity index (χ3n) is 4.21. The third-order valence-corrected chi connectivity index (χ3v) is 4.21. The van der Waals surface area contributed by atoms with Gasteiger partial charge in [-0.15, -0.1) is 0 Å². The van der Waals surface area contributed by atoms with Crippen LogP contribution in [-0.4, -0.2) is 51.3 Å². The van der Waals surface area contributed by atoms with Crippen LogP contribution in [0.3, 0.4) is 0 Å². The van der Waals surface area contributed by atoms with Crippen molar-refractivity contribution in [2.24, 2.45) is 5.92 Å². The first-order valence-electron chi connectivity index (χ1n) is 7.90. The number of hydrogen-bond acceptors (Lipinski definition) is 5. The Morgan fingerprint density at radius 1 is 1.12 bits per heavy atom. The van der Waals surface area contributed by atoms with Crippen molar-refractivity contribution in [2.45, 2.75) is 19.4 Å². The normalized spacial score (nSPS) is 14.9. The highest BCUT2D eigenvalue weighted by Crippen LogP contribution is 2.27. The van der Waals surface area contributed by atoms with E-state index in [1.54, 1.807) is 19.1 Å². The smallest absolute Gasteiger partial charge is 0.409 e. The number of carbonyl (C=O) groups excluding carboxylic acids is 2. The summed E-state index contributed by atoms with van der Waals surface area (Å²) in [7, 11) is 4.53. The molecule has 1 heterocycles. The number of benzene rings is 1. The molecule has 0 radical (unpaired) electrons. The number of hydrogen-bond donors (Lipinski definition) is 1. The minimum absolute atomic E-state index is 0.00861. The average molecular weight is 336 g/mol. The zero-order valence-electron chi connectivity index (χ0n) is 14.3. The molecule has 0 spiro atoms. The van der Waals surface area contributed by atoms with Crippen LogP contribution < -0.4 is 14.8 Å². The standard InChI is InChI=1S/C17H24N2O5/c1-22-14-5-4-12(10-15(14)23-2)11-18-16(20)13-6-8-19(9-7-13)17(21)24-3/h4-5,10,13H,6-9,11H2,1-3H3,(H,18,20). The second-order valence-corrected chi connectivity index (χ2v) is 5.64. The number of nitrogens with one attached hydrogen (secondary N) is 1. The molecule has 7 heteroatoms. The topological polar surface area (TPSA) is 77.1 Å². The molecule has 0 saturated carbocycles. The summed E-state index contributed by atoms with van der Waals surface area (Å²) >= 11 is 0. The van der Waals surface area contributed by atoms with Gasteiger partial charge in [0.25, 0.3) is 0 Å². The first kappa shape index (κ1) is 17.9. The van der Waals surface area contributed by atoms with Gasteiger partial charge in [0.15, 0.2) is 11.5 Å². The van der Waals surface area contributed by atoms with Gasteiger partial charge in [0.05, 0.1) is 21.3 Å². The molecule has 1 aliphatic heterocycles. The highest BCUT2D eigenvalue weighted by molar-refractivity contribution is 5.79. The maximum Gasteiger partial charge on any atom is 0.409 e. The quantitative estimate of drug-likeness (QED) is 0.887. The molecule has 2 rings (SSSR count). The molecule has 132 valence electrons. The van der Waals surface area contributed by atoms with Crippen LogP contribution in [0.25, 0.3) is 0 Å². The number of likely N-dealkylation sites (tertiary alicyclic amines) is 1. The first-order valence-corrected chi connectivity index (χ1v) is 7.90. The zero-order chi connectivity index (χ0) is 17.5. The lowest BCUT2D eigenvalue weighted by atomic mass is 9.96. The van der Waals surface area contributed by atoms with Crippen LogP contribution >= 0.6 is 0 Å². The summed E-state index contributed by atoms with van der Waals surface area (Å²) in [5.41, 5.74) is 0.938. The molecule has 2 amide bonds. The van der Waals surface area contributed by atoms with E-state index in [1.165, 1.54) is 7.11 Å². The molecule has 0 aromatic heterocycles. The van der Waals surface area contributed by atoms with Crippen molar-refractivity contribution in [3.63, 3.8) is 0 Å². The largest absolute Gasteiger partial charge is 0.493 e. The van der Waals surface area contributed by atoms with Crippen molar-refractivity contribution in [1.29, 1.82) is 0 Å². The van der Waals surface area contributed by atoms with E-state index in [-0.39, 0.29) is 17.9 Å². The van der Waals surface area contributed by atoms with Gasteiger partial charge in [-0.2, -0.15) is 0 Å². The van der Waals surface area contributed by atoms with E-state index in [1.807, 2.05) is 18.2 Å². The maximum atomic E-state index is 12.3. The van der Waals surface area contributed by atoms with Gasteiger partial charge in [-0.1, -0.05) is 6.07 Å². The van der Waals surface area contributed by atoms with E-state index in [2.05, 4.69) is 5.32 Å². The van der Waals surface area contributed by atoms with Crippen LogP contribution in [0, 0.1) is 5.92 Å². The molecule has 1 saturated heterocycles. The third kappa shape index (κ3) is 4.31. The summed E-state index contributed by atoms with van der Waals surface area (Å²) in [6, 6.07) is 5.55. The van der Waals surface area contributed by atoms with E-state index in [4.69, 9.17) is 14.2 Å². The Hall–Kier alpha value is -2.44. The molecule has 7 nitrogen and oxygen atoms in total. The second-order valence-electron chi connectivity index (χ2n) is 5.64. The van der Waals surface area contributed by atoms with Gasteiger partial charge in [-0.25, -0.2) is 4.79 Å². The number of piperidine rings is 1. The Kier molecular flexibility index (Phi) is 6.28. The zero-order valence-corrected chi connectivity index (χ0v) is 14.3. The molecular weight excluding hydrogens is 312 g/mol. The minimum Gasteiger partial charge on any atom is -0.493 e. The number of methoxy groups -OCH3 is 3. The number of amides is 2. The lowest BCUT2D eigenvalue weighted by molar-refractivity contribution is -0.126. The van der Waals surface area contributed by atoms with Gasteiger partial charge in [0, 0.05) is 25.6 Å². The lowest BCUT2D eigenvalue weighted by Gasteiger charge is -2.30.